The summed E-state index contributed by atoms with van der Waals surface area (Å²) < 4.78 is 0. The summed E-state index contributed by atoms with van der Waals surface area (Å²) in [5.41, 5.74) is 2.29. The smallest absolute Gasteiger partial charge is 0.233 e. The van der Waals surface area contributed by atoms with Crippen LogP contribution in [0.3, 0.4) is 0 Å². The molecule has 0 saturated carbocycles. The zero-order chi connectivity index (χ0) is 15.0. The van der Waals surface area contributed by atoms with E-state index in [2.05, 4.69) is 26.0 Å². The lowest BCUT2D eigenvalue weighted by Crippen LogP contribution is -2.30. The van der Waals surface area contributed by atoms with Crippen molar-refractivity contribution in [3.8, 4) is 0 Å². The first-order valence-electron chi connectivity index (χ1n) is 7.67. The highest BCUT2D eigenvalue weighted by Gasteiger charge is 2.46. The fourth-order valence-electron chi connectivity index (χ4n) is 3.22. The number of carbonyl (C=O) groups is 2. The van der Waals surface area contributed by atoms with Gasteiger partial charge in [-0.1, -0.05) is 50.3 Å². The molecule has 1 heterocycles. The Morgan fingerprint density at radius 3 is 2.00 bits per heavy atom. The van der Waals surface area contributed by atoms with Crippen molar-refractivity contribution < 1.29 is 9.59 Å². The van der Waals surface area contributed by atoms with E-state index in [1.807, 2.05) is 24.3 Å². The van der Waals surface area contributed by atoms with Crippen LogP contribution < -0.4 is 0 Å². The van der Waals surface area contributed by atoms with Crippen molar-refractivity contribution in [3.05, 3.63) is 47.5 Å². The van der Waals surface area contributed by atoms with E-state index in [9.17, 15) is 9.59 Å². The molecular formula is C18H21NO2. The van der Waals surface area contributed by atoms with Gasteiger partial charge in [-0.3, -0.25) is 14.5 Å². The van der Waals surface area contributed by atoms with E-state index in [4.69, 9.17) is 0 Å². The van der Waals surface area contributed by atoms with Gasteiger partial charge in [-0.05, 0) is 29.9 Å². The summed E-state index contributed by atoms with van der Waals surface area (Å²) in [4.78, 5) is 26.3. The van der Waals surface area contributed by atoms with Crippen LogP contribution in [0.2, 0.25) is 0 Å². The second-order valence-corrected chi connectivity index (χ2v) is 6.31. The normalized spacial score (nSPS) is 24.8. The first-order chi connectivity index (χ1) is 10.1. The van der Waals surface area contributed by atoms with Crippen molar-refractivity contribution in [2.24, 2.45) is 11.8 Å². The largest absolute Gasteiger partial charge is 0.278 e. The molecule has 1 aliphatic carbocycles. The Hall–Kier alpha value is -1.90. The lowest BCUT2D eigenvalue weighted by atomic mass is 9.85. The molecule has 1 aliphatic heterocycles. The SMILES string of the molecule is CC(C)c1ccc(CN2C(=O)[C@H]3CC=CC[C@H]3C2=O)cc1. The molecule has 0 radical (unpaired) electrons. The lowest BCUT2D eigenvalue weighted by molar-refractivity contribution is -0.140. The predicted octanol–water partition coefficient (Wildman–Crippen LogP) is 3.26. The monoisotopic (exact) mass is 283 g/mol. The molecule has 0 spiro atoms. The van der Waals surface area contributed by atoms with Gasteiger partial charge >= 0.3 is 0 Å². The average molecular weight is 283 g/mol. The second kappa shape index (κ2) is 5.47. The molecule has 3 rings (SSSR count). The van der Waals surface area contributed by atoms with E-state index in [1.54, 1.807) is 0 Å². The second-order valence-electron chi connectivity index (χ2n) is 6.31. The third kappa shape index (κ3) is 2.53. The number of amides is 2. The number of benzene rings is 1. The van der Waals surface area contributed by atoms with Gasteiger partial charge in [0.25, 0.3) is 0 Å². The maximum Gasteiger partial charge on any atom is 0.233 e. The van der Waals surface area contributed by atoms with Gasteiger partial charge in [0.2, 0.25) is 11.8 Å². The summed E-state index contributed by atoms with van der Waals surface area (Å²) in [5.74, 6) is 0.238. The van der Waals surface area contributed by atoms with Gasteiger partial charge in [0.15, 0.2) is 0 Å². The van der Waals surface area contributed by atoms with Crippen molar-refractivity contribution in [1.82, 2.24) is 4.90 Å². The first-order valence-corrected chi connectivity index (χ1v) is 7.67. The van der Waals surface area contributed by atoms with Crippen LogP contribution in [0.4, 0.5) is 0 Å². The average Bonchev–Trinajstić information content (AvgIpc) is 2.73. The van der Waals surface area contributed by atoms with Crippen LogP contribution in [0, 0.1) is 11.8 Å². The van der Waals surface area contributed by atoms with E-state index >= 15 is 0 Å². The van der Waals surface area contributed by atoms with E-state index in [0.29, 0.717) is 25.3 Å². The van der Waals surface area contributed by atoms with Crippen LogP contribution in [0.1, 0.15) is 43.7 Å². The van der Waals surface area contributed by atoms with Gasteiger partial charge in [-0.2, -0.15) is 0 Å². The molecule has 1 fully saturated rings. The number of likely N-dealkylation sites (tertiary alicyclic amines) is 1. The van der Waals surface area contributed by atoms with Gasteiger partial charge in [0.05, 0.1) is 18.4 Å². The Morgan fingerprint density at radius 1 is 1.00 bits per heavy atom. The number of hydrogen-bond acceptors (Lipinski definition) is 2. The molecule has 0 unspecified atom stereocenters. The Balaban J connectivity index is 1.76. The summed E-state index contributed by atoms with van der Waals surface area (Å²) in [6.07, 6.45) is 5.45. The summed E-state index contributed by atoms with van der Waals surface area (Å²) in [6.45, 7) is 4.71. The Morgan fingerprint density at radius 2 is 1.52 bits per heavy atom. The minimum atomic E-state index is -0.127. The number of nitrogens with zero attached hydrogens (tertiary/aromatic N) is 1. The number of rotatable bonds is 3. The highest BCUT2D eigenvalue weighted by atomic mass is 16.2. The minimum absolute atomic E-state index is 0.00212. The standard InChI is InChI=1S/C18H21NO2/c1-12(2)14-9-7-13(8-10-14)11-19-17(20)15-5-3-4-6-16(15)18(19)21/h3-4,7-10,12,15-16H,5-6,11H2,1-2H3/t15-,16+. The number of fused-ring (bicyclic) bond motifs is 1. The maximum absolute atomic E-state index is 12.4. The van der Waals surface area contributed by atoms with Gasteiger partial charge in [0.1, 0.15) is 0 Å². The zero-order valence-corrected chi connectivity index (χ0v) is 12.6. The minimum Gasteiger partial charge on any atom is -0.278 e. The van der Waals surface area contributed by atoms with Crippen molar-refractivity contribution in [3.63, 3.8) is 0 Å². The molecule has 1 aromatic rings. The van der Waals surface area contributed by atoms with Gasteiger partial charge < -0.3 is 0 Å². The molecule has 3 nitrogen and oxygen atoms in total. The molecule has 3 heteroatoms. The molecular weight excluding hydrogens is 262 g/mol. The fraction of sp³-hybridized carbons (Fsp3) is 0.444. The molecule has 0 bridgehead atoms. The molecule has 0 N–H and O–H groups in total. The highest BCUT2D eigenvalue weighted by molar-refractivity contribution is 6.05. The Labute approximate surface area is 125 Å². The van der Waals surface area contributed by atoms with Crippen molar-refractivity contribution in [2.75, 3.05) is 0 Å². The molecule has 2 atom stereocenters. The lowest BCUT2D eigenvalue weighted by Gasteiger charge is -2.15. The third-order valence-corrected chi connectivity index (χ3v) is 4.59. The summed E-state index contributed by atoms with van der Waals surface area (Å²) in [5, 5.41) is 0. The molecule has 2 amide bonds. The van der Waals surface area contributed by atoms with Crippen LogP contribution in [-0.2, 0) is 16.1 Å². The van der Waals surface area contributed by atoms with Crippen LogP contribution in [0.5, 0.6) is 0 Å². The number of imide groups is 1. The van der Waals surface area contributed by atoms with Crippen LogP contribution in [0.15, 0.2) is 36.4 Å². The fourth-order valence-corrected chi connectivity index (χ4v) is 3.22. The van der Waals surface area contributed by atoms with E-state index in [-0.39, 0.29) is 23.7 Å². The zero-order valence-electron chi connectivity index (χ0n) is 12.6. The van der Waals surface area contributed by atoms with Crippen molar-refractivity contribution in [2.45, 2.75) is 39.2 Å². The van der Waals surface area contributed by atoms with Gasteiger partial charge in [-0.15, -0.1) is 0 Å². The van der Waals surface area contributed by atoms with Crippen LogP contribution >= 0.6 is 0 Å². The van der Waals surface area contributed by atoms with E-state index in [0.717, 1.165) is 5.56 Å². The van der Waals surface area contributed by atoms with Crippen LogP contribution in [0.25, 0.3) is 0 Å². The topological polar surface area (TPSA) is 37.4 Å². The van der Waals surface area contributed by atoms with Crippen molar-refractivity contribution in [1.29, 1.82) is 0 Å². The molecule has 110 valence electrons. The Bertz CT molecular complexity index is 560. The van der Waals surface area contributed by atoms with Gasteiger partial charge in [0, 0.05) is 0 Å². The van der Waals surface area contributed by atoms with E-state index < -0.39 is 0 Å². The van der Waals surface area contributed by atoms with Gasteiger partial charge in [-0.25, -0.2) is 0 Å². The molecule has 1 aromatic carbocycles. The highest BCUT2D eigenvalue weighted by Crippen LogP contribution is 2.35. The van der Waals surface area contributed by atoms with Crippen molar-refractivity contribution >= 4 is 11.8 Å². The Kier molecular flexibility index (Phi) is 3.66. The quantitative estimate of drug-likeness (QED) is 0.630. The van der Waals surface area contributed by atoms with Crippen LogP contribution in [-0.4, -0.2) is 16.7 Å². The summed E-state index contributed by atoms with van der Waals surface area (Å²) in [7, 11) is 0. The maximum atomic E-state index is 12.4. The number of allylic oxidation sites excluding steroid dienone is 2. The molecule has 1 saturated heterocycles. The molecule has 21 heavy (non-hydrogen) atoms. The number of carbonyl (C=O) groups excluding carboxylic acids is 2. The van der Waals surface area contributed by atoms with E-state index in [1.165, 1.54) is 10.5 Å². The molecule has 0 aromatic heterocycles. The predicted molar refractivity (Wildman–Crippen MR) is 81.4 cm³/mol. The number of hydrogen-bond donors (Lipinski definition) is 0. The third-order valence-electron chi connectivity index (χ3n) is 4.59. The molecule has 2 aliphatic rings. The first kappa shape index (κ1) is 14.1. The summed E-state index contributed by atoms with van der Waals surface area (Å²) in [6, 6.07) is 8.21. The summed E-state index contributed by atoms with van der Waals surface area (Å²) >= 11 is 0.